The first kappa shape index (κ1) is 22.2. The maximum Gasteiger partial charge on any atom is 0.494 e. The van der Waals surface area contributed by atoms with E-state index in [1.54, 1.807) is 32.9 Å². The van der Waals surface area contributed by atoms with E-state index in [9.17, 15) is 14.7 Å². The number of hydrogen-bond donors (Lipinski definition) is 2. The van der Waals surface area contributed by atoms with Gasteiger partial charge in [0.05, 0.1) is 11.7 Å². The van der Waals surface area contributed by atoms with Gasteiger partial charge in [-0.05, 0) is 68.8 Å². The lowest BCUT2D eigenvalue weighted by atomic mass is 9.43. The maximum absolute atomic E-state index is 12.1. The van der Waals surface area contributed by atoms with Gasteiger partial charge in [0.25, 0.3) is 0 Å². The molecule has 3 saturated carbocycles. The van der Waals surface area contributed by atoms with Crippen LogP contribution in [-0.2, 0) is 18.8 Å². The highest BCUT2D eigenvalue weighted by molar-refractivity contribution is 6.62. The number of rotatable bonds is 4. The summed E-state index contributed by atoms with van der Waals surface area (Å²) in [5.74, 6) is -0.00879. The quantitative estimate of drug-likeness (QED) is 0.714. The summed E-state index contributed by atoms with van der Waals surface area (Å²) < 4.78 is 17.9. The third-order valence-electron chi connectivity index (χ3n) is 7.40. The second kappa shape index (κ2) is 7.24. The van der Waals surface area contributed by atoms with Gasteiger partial charge in [-0.15, -0.1) is 0 Å². The fourth-order valence-corrected chi connectivity index (χ4v) is 5.57. The molecule has 5 atom stereocenters. The molecule has 4 aliphatic rings. The Labute approximate surface area is 184 Å². The van der Waals surface area contributed by atoms with Gasteiger partial charge in [0.15, 0.2) is 6.04 Å². The maximum atomic E-state index is 12.1. The van der Waals surface area contributed by atoms with Crippen molar-refractivity contribution in [1.29, 1.82) is 0 Å². The van der Waals surface area contributed by atoms with Crippen molar-refractivity contribution in [2.75, 3.05) is 0 Å². The molecule has 1 saturated heterocycles. The largest absolute Gasteiger partial charge is 0.494 e. The van der Waals surface area contributed by atoms with E-state index >= 15 is 0 Å². The zero-order valence-electron chi connectivity index (χ0n) is 19.1. The predicted octanol–water partition coefficient (Wildman–Crippen LogP) is 3.27. The molecule has 2 N–H and O–H groups in total. The number of ether oxygens (including phenoxy) is 1. The molecule has 1 aliphatic heterocycles. The summed E-state index contributed by atoms with van der Waals surface area (Å²) in [4.78, 5) is 23.8. The first-order valence-corrected chi connectivity index (χ1v) is 11.0. The molecule has 0 radical (unpaired) electrons. The standard InChI is InChI=1S/C23H32BNO6/c1-21(2,3)29-20(28)25-18(19(26)27)13-7-9-15(10-8-13)24-30-17-12-14-11-16(22(14,4)5)23(17,6)31-24/h7-10,14,16-18H,11-12H2,1-6H3,(H,25,28)(H,26,27)/t14-,16-,17?,18?,23-/m0/s1. The van der Waals surface area contributed by atoms with E-state index in [0.717, 1.165) is 11.9 Å². The van der Waals surface area contributed by atoms with E-state index in [-0.39, 0.29) is 17.1 Å². The number of amides is 1. The van der Waals surface area contributed by atoms with Crippen LogP contribution in [0.3, 0.4) is 0 Å². The van der Waals surface area contributed by atoms with Crippen LogP contribution in [0.4, 0.5) is 4.79 Å². The molecule has 7 nitrogen and oxygen atoms in total. The Balaban J connectivity index is 1.47. The Kier molecular flexibility index (Phi) is 5.17. The molecule has 4 fully saturated rings. The molecule has 168 valence electrons. The predicted molar refractivity (Wildman–Crippen MR) is 116 cm³/mol. The van der Waals surface area contributed by atoms with Crippen molar-refractivity contribution in [2.45, 2.75) is 77.7 Å². The molecule has 0 aromatic heterocycles. The van der Waals surface area contributed by atoms with Crippen molar-refractivity contribution in [1.82, 2.24) is 5.32 Å². The molecule has 1 aromatic rings. The third-order valence-corrected chi connectivity index (χ3v) is 7.40. The number of carboxylic acid groups (broad SMARTS) is 1. The van der Waals surface area contributed by atoms with Crippen LogP contribution in [0.25, 0.3) is 0 Å². The molecule has 2 unspecified atom stereocenters. The number of carboxylic acids is 1. The first-order valence-electron chi connectivity index (χ1n) is 11.0. The van der Waals surface area contributed by atoms with Crippen molar-refractivity contribution in [3.05, 3.63) is 29.8 Å². The Morgan fingerprint density at radius 3 is 2.39 bits per heavy atom. The number of alkyl carbamates (subject to hydrolysis) is 1. The van der Waals surface area contributed by atoms with Gasteiger partial charge in [-0.3, -0.25) is 0 Å². The summed E-state index contributed by atoms with van der Waals surface area (Å²) in [6.07, 6.45) is 1.50. The SMILES string of the molecule is CC(C)(C)OC(=O)NC(C(=O)O)c1ccc(B2OC3C[C@@H]4C[C@@H](C4(C)C)[C@]3(C)O2)cc1. The number of aliphatic carboxylic acids is 1. The molecular formula is C23H32BNO6. The van der Waals surface area contributed by atoms with E-state index in [4.69, 9.17) is 14.0 Å². The lowest BCUT2D eigenvalue weighted by molar-refractivity contribution is -0.199. The zero-order chi connectivity index (χ0) is 22.8. The molecule has 3 aliphatic carbocycles. The number of hydrogen-bond acceptors (Lipinski definition) is 5. The second-order valence-corrected chi connectivity index (χ2v) is 10.9. The number of carbonyl (C=O) groups is 2. The van der Waals surface area contributed by atoms with Gasteiger partial charge < -0.3 is 24.5 Å². The van der Waals surface area contributed by atoms with Crippen LogP contribution >= 0.6 is 0 Å². The normalized spacial score (nSPS) is 31.9. The van der Waals surface area contributed by atoms with Crippen molar-refractivity contribution >= 4 is 24.6 Å². The Morgan fingerprint density at radius 2 is 1.84 bits per heavy atom. The molecule has 1 heterocycles. The minimum absolute atomic E-state index is 0.0783. The summed E-state index contributed by atoms with van der Waals surface area (Å²) in [6, 6.07) is 5.78. The highest BCUT2D eigenvalue weighted by Crippen LogP contribution is 2.65. The van der Waals surface area contributed by atoms with E-state index in [2.05, 4.69) is 26.1 Å². The van der Waals surface area contributed by atoms with E-state index in [1.165, 1.54) is 6.42 Å². The summed E-state index contributed by atoms with van der Waals surface area (Å²) >= 11 is 0. The Morgan fingerprint density at radius 1 is 1.19 bits per heavy atom. The molecule has 1 amide bonds. The van der Waals surface area contributed by atoms with Crippen LogP contribution in [0.5, 0.6) is 0 Å². The summed E-state index contributed by atoms with van der Waals surface area (Å²) in [7, 11) is -0.471. The summed E-state index contributed by atoms with van der Waals surface area (Å²) in [5, 5.41) is 12.0. The van der Waals surface area contributed by atoms with Crippen LogP contribution in [-0.4, -0.2) is 41.6 Å². The molecule has 1 aromatic carbocycles. The van der Waals surface area contributed by atoms with E-state index in [1.807, 2.05) is 12.1 Å². The summed E-state index contributed by atoms with van der Waals surface area (Å²) in [6.45, 7) is 12.0. The zero-order valence-corrected chi connectivity index (χ0v) is 19.1. The van der Waals surface area contributed by atoms with Crippen molar-refractivity contribution in [3.63, 3.8) is 0 Å². The second-order valence-electron chi connectivity index (χ2n) is 10.9. The van der Waals surface area contributed by atoms with Crippen molar-refractivity contribution in [2.24, 2.45) is 17.3 Å². The third kappa shape index (κ3) is 3.84. The first-order chi connectivity index (χ1) is 14.3. The highest BCUT2D eigenvalue weighted by atomic mass is 16.7. The number of nitrogens with one attached hydrogen (secondary N) is 1. The Hall–Kier alpha value is -2.06. The molecule has 5 rings (SSSR count). The van der Waals surface area contributed by atoms with E-state index in [0.29, 0.717) is 17.4 Å². The minimum atomic E-state index is -1.21. The smallest absolute Gasteiger partial charge is 0.479 e. The lowest BCUT2D eigenvalue weighted by Crippen LogP contribution is -2.65. The molecule has 31 heavy (non-hydrogen) atoms. The fraction of sp³-hybridized carbons (Fsp3) is 0.652. The van der Waals surface area contributed by atoms with Gasteiger partial charge in [0, 0.05) is 0 Å². The Bertz CT molecular complexity index is 879. The average molecular weight is 429 g/mol. The molecule has 8 heteroatoms. The summed E-state index contributed by atoms with van der Waals surface area (Å²) in [5.41, 5.74) is 0.553. The monoisotopic (exact) mass is 429 g/mol. The van der Waals surface area contributed by atoms with E-state index < -0.39 is 30.8 Å². The van der Waals surface area contributed by atoms with Gasteiger partial charge in [-0.25, -0.2) is 9.59 Å². The van der Waals surface area contributed by atoms with Crippen LogP contribution in [0, 0.1) is 17.3 Å². The van der Waals surface area contributed by atoms with Gasteiger partial charge in [0.1, 0.15) is 5.60 Å². The number of carbonyl (C=O) groups excluding carboxylic acids is 1. The van der Waals surface area contributed by atoms with Crippen molar-refractivity contribution in [3.8, 4) is 0 Å². The van der Waals surface area contributed by atoms with Gasteiger partial charge in [-0.2, -0.15) is 0 Å². The fourth-order valence-electron chi connectivity index (χ4n) is 5.57. The lowest BCUT2D eigenvalue weighted by Gasteiger charge is -2.64. The molecular weight excluding hydrogens is 397 g/mol. The molecule has 2 bridgehead atoms. The number of benzene rings is 1. The van der Waals surface area contributed by atoms with Gasteiger partial charge in [-0.1, -0.05) is 38.1 Å². The van der Waals surface area contributed by atoms with Crippen molar-refractivity contribution < 1.29 is 28.7 Å². The highest BCUT2D eigenvalue weighted by Gasteiger charge is 2.67. The van der Waals surface area contributed by atoms with Gasteiger partial charge in [0.2, 0.25) is 0 Å². The van der Waals surface area contributed by atoms with Crippen LogP contribution in [0.15, 0.2) is 24.3 Å². The van der Waals surface area contributed by atoms with Crippen LogP contribution < -0.4 is 10.8 Å². The minimum Gasteiger partial charge on any atom is -0.479 e. The van der Waals surface area contributed by atoms with Gasteiger partial charge >= 0.3 is 19.2 Å². The van der Waals surface area contributed by atoms with Crippen LogP contribution in [0.1, 0.15) is 66.0 Å². The molecule has 0 spiro atoms. The topological polar surface area (TPSA) is 94.1 Å². The van der Waals surface area contributed by atoms with Crippen LogP contribution in [0.2, 0.25) is 0 Å². The average Bonchev–Trinajstić information content (AvgIpc) is 3.01.